The zero-order valence-corrected chi connectivity index (χ0v) is 14.6. The molecule has 0 aromatic heterocycles. The lowest BCUT2D eigenvalue weighted by Crippen LogP contribution is -2.46. The van der Waals surface area contributed by atoms with Crippen molar-refractivity contribution in [2.24, 2.45) is 17.8 Å². The van der Waals surface area contributed by atoms with Gasteiger partial charge in [-0.3, -0.25) is 9.59 Å². The Labute approximate surface area is 143 Å². The molecule has 1 amide bonds. The summed E-state index contributed by atoms with van der Waals surface area (Å²) in [6, 6.07) is 9.95. The first kappa shape index (κ1) is 17.0. The van der Waals surface area contributed by atoms with Crippen LogP contribution in [-0.2, 0) is 15.0 Å². The Kier molecular flexibility index (Phi) is 4.66. The first-order valence-electron chi connectivity index (χ1n) is 9.11. The number of nitrogens with zero attached hydrogens (tertiary/aromatic N) is 1. The van der Waals surface area contributed by atoms with Gasteiger partial charge in [-0.15, -0.1) is 0 Å². The topological polar surface area (TPSA) is 57.6 Å². The maximum atomic E-state index is 13.4. The van der Waals surface area contributed by atoms with Crippen LogP contribution in [0.3, 0.4) is 0 Å². The third-order valence-corrected chi connectivity index (χ3v) is 6.14. The van der Waals surface area contributed by atoms with Gasteiger partial charge in [-0.25, -0.2) is 0 Å². The quantitative estimate of drug-likeness (QED) is 0.871. The van der Waals surface area contributed by atoms with Gasteiger partial charge in [0.15, 0.2) is 0 Å². The summed E-state index contributed by atoms with van der Waals surface area (Å²) >= 11 is 0. The van der Waals surface area contributed by atoms with E-state index in [0.717, 1.165) is 31.2 Å². The number of benzene rings is 1. The van der Waals surface area contributed by atoms with Gasteiger partial charge in [-0.1, -0.05) is 44.2 Å². The lowest BCUT2D eigenvalue weighted by atomic mass is 9.74. The second kappa shape index (κ2) is 6.58. The van der Waals surface area contributed by atoms with E-state index in [4.69, 9.17) is 0 Å². The molecule has 4 heteroatoms. The van der Waals surface area contributed by atoms with Gasteiger partial charge in [0.1, 0.15) is 0 Å². The Morgan fingerprint density at radius 3 is 2.25 bits per heavy atom. The first-order chi connectivity index (χ1) is 11.5. The van der Waals surface area contributed by atoms with Gasteiger partial charge in [-0.2, -0.15) is 0 Å². The van der Waals surface area contributed by atoms with Crippen LogP contribution in [0.2, 0.25) is 0 Å². The third-order valence-electron chi connectivity index (χ3n) is 6.14. The van der Waals surface area contributed by atoms with Crippen LogP contribution >= 0.6 is 0 Å². The number of hydrogen-bond acceptors (Lipinski definition) is 2. The minimum Gasteiger partial charge on any atom is -0.481 e. The average Bonchev–Trinajstić information content (AvgIpc) is 3.35. The van der Waals surface area contributed by atoms with Crippen LogP contribution in [0.4, 0.5) is 0 Å². The molecule has 0 radical (unpaired) electrons. The van der Waals surface area contributed by atoms with Crippen LogP contribution in [0, 0.1) is 17.8 Å². The van der Waals surface area contributed by atoms with Crippen molar-refractivity contribution >= 4 is 11.9 Å². The summed E-state index contributed by atoms with van der Waals surface area (Å²) in [5.74, 6) is -0.413. The smallest absolute Gasteiger partial charge is 0.308 e. The van der Waals surface area contributed by atoms with E-state index in [1.807, 2.05) is 35.2 Å². The van der Waals surface area contributed by atoms with E-state index in [1.54, 1.807) is 0 Å². The van der Waals surface area contributed by atoms with Crippen molar-refractivity contribution in [3.05, 3.63) is 35.9 Å². The lowest BCUT2D eigenvalue weighted by Gasteiger charge is -2.35. The van der Waals surface area contributed by atoms with Crippen LogP contribution in [-0.4, -0.2) is 35.0 Å². The van der Waals surface area contributed by atoms with Gasteiger partial charge in [-0.05, 0) is 43.1 Å². The van der Waals surface area contributed by atoms with Gasteiger partial charge in [0.05, 0.1) is 11.3 Å². The van der Waals surface area contributed by atoms with Crippen molar-refractivity contribution in [3.8, 4) is 0 Å². The Hall–Kier alpha value is -1.84. The summed E-state index contributed by atoms with van der Waals surface area (Å²) in [4.78, 5) is 26.9. The number of carbonyl (C=O) groups excluding carboxylic acids is 1. The number of carboxylic acids is 1. The van der Waals surface area contributed by atoms with E-state index in [-0.39, 0.29) is 11.8 Å². The van der Waals surface area contributed by atoms with Crippen molar-refractivity contribution in [3.63, 3.8) is 0 Å². The molecule has 0 bridgehead atoms. The molecule has 1 saturated heterocycles. The molecule has 1 aliphatic carbocycles. The summed E-state index contributed by atoms with van der Waals surface area (Å²) in [5, 5.41) is 9.56. The molecule has 0 unspecified atom stereocenters. The second-order valence-electron chi connectivity index (χ2n) is 7.31. The fraction of sp³-hybridized carbons (Fsp3) is 0.600. The highest BCUT2D eigenvalue weighted by Crippen LogP contribution is 2.45. The lowest BCUT2D eigenvalue weighted by molar-refractivity contribution is -0.143. The number of carboxylic acid groups (broad SMARTS) is 1. The minimum atomic E-state index is -0.750. The summed E-state index contributed by atoms with van der Waals surface area (Å²) in [6.07, 6.45) is 3.69. The molecule has 3 rings (SSSR count). The van der Waals surface area contributed by atoms with Crippen molar-refractivity contribution in [1.29, 1.82) is 0 Å². The summed E-state index contributed by atoms with van der Waals surface area (Å²) in [5.41, 5.74) is 0.504. The van der Waals surface area contributed by atoms with Gasteiger partial charge >= 0.3 is 5.97 Å². The summed E-state index contributed by atoms with van der Waals surface area (Å²) in [7, 11) is 0. The molecule has 1 N–H and O–H groups in total. The molecule has 24 heavy (non-hydrogen) atoms. The molecule has 1 saturated carbocycles. The van der Waals surface area contributed by atoms with E-state index in [1.165, 1.54) is 0 Å². The SMILES string of the molecule is CCC(CC)(C(=O)N1C[C@H](C(=O)O)[C@@H](C2CC2)C1)c1ccccc1. The molecule has 1 aromatic rings. The normalized spacial score (nSPS) is 24.2. The van der Waals surface area contributed by atoms with Gasteiger partial charge in [0.2, 0.25) is 5.91 Å². The maximum absolute atomic E-state index is 13.4. The van der Waals surface area contributed by atoms with Crippen LogP contribution in [0.1, 0.15) is 45.1 Å². The van der Waals surface area contributed by atoms with Gasteiger partial charge in [0, 0.05) is 13.1 Å². The monoisotopic (exact) mass is 329 g/mol. The molecule has 1 heterocycles. The number of carbonyl (C=O) groups is 2. The van der Waals surface area contributed by atoms with Crippen LogP contribution in [0.15, 0.2) is 30.3 Å². The third kappa shape index (κ3) is 2.83. The number of aliphatic carboxylic acids is 1. The summed E-state index contributed by atoms with van der Waals surface area (Å²) in [6.45, 7) is 5.08. The summed E-state index contributed by atoms with van der Waals surface area (Å²) < 4.78 is 0. The van der Waals surface area contributed by atoms with E-state index in [2.05, 4.69) is 13.8 Å². The van der Waals surface area contributed by atoms with E-state index in [0.29, 0.717) is 19.0 Å². The number of likely N-dealkylation sites (tertiary alicyclic amines) is 1. The molecule has 1 aliphatic heterocycles. The van der Waals surface area contributed by atoms with Crippen molar-refractivity contribution in [2.45, 2.75) is 44.9 Å². The van der Waals surface area contributed by atoms with Crippen molar-refractivity contribution in [1.82, 2.24) is 4.90 Å². The predicted molar refractivity (Wildman–Crippen MR) is 92.6 cm³/mol. The Balaban J connectivity index is 1.87. The highest BCUT2D eigenvalue weighted by molar-refractivity contribution is 5.89. The predicted octanol–water partition coefficient (Wildman–Crippen LogP) is 3.31. The Bertz CT molecular complexity index is 605. The Morgan fingerprint density at radius 2 is 1.75 bits per heavy atom. The number of rotatable bonds is 6. The highest BCUT2D eigenvalue weighted by Gasteiger charge is 2.50. The van der Waals surface area contributed by atoms with E-state index in [9.17, 15) is 14.7 Å². The standard InChI is InChI=1S/C20H27NO3/c1-3-20(4-2,15-8-6-5-7-9-15)19(24)21-12-16(14-10-11-14)17(13-21)18(22)23/h5-9,14,16-17H,3-4,10-13H2,1-2H3,(H,22,23)/t16-,17+/m1/s1. The van der Waals surface area contributed by atoms with Gasteiger partial charge < -0.3 is 10.0 Å². The molecular formula is C20H27NO3. The van der Waals surface area contributed by atoms with Crippen LogP contribution in [0.5, 0.6) is 0 Å². The molecule has 2 fully saturated rings. The zero-order chi connectivity index (χ0) is 17.3. The van der Waals surface area contributed by atoms with Crippen molar-refractivity contribution in [2.75, 3.05) is 13.1 Å². The molecule has 2 aliphatic rings. The van der Waals surface area contributed by atoms with E-state index < -0.39 is 17.3 Å². The zero-order valence-electron chi connectivity index (χ0n) is 14.6. The average molecular weight is 329 g/mol. The van der Waals surface area contributed by atoms with E-state index >= 15 is 0 Å². The minimum absolute atomic E-state index is 0.105. The molecular weight excluding hydrogens is 302 g/mol. The van der Waals surface area contributed by atoms with Crippen LogP contribution in [0.25, 0.3) is 0 Å². The van der Waals surface area contributed by atoms with Crippen molar-refractivity contribution < 1.29 is 14.7 Å². The second-order valence-corrected chi connectivity index (χ2v) is 7.31. The maximum Gasteiger partial charge on any atom is 0.308 e. The largest absolute Gasteiger partial charge is 0.481 e. The fourth-order valence-corrected chi connectivity index (χ4v) is 4.40. The molecule has 4 nitrogen and oxygen atoms in total. The highest BCUT2D eigenvalue weighted by atomic mass is 16.4. The first-order valence-corrected chi connectivity index (χ1v) is 9.11. The number of amides is 1. The molecule has 1 aromatic carbocycles. The number of hydrogen-bond donors (Lipinski definition) is 1. The Morgan fingerprint density at radius 1 is 1.12 bits per heavy atom. The molecule has 130 valence electrons. The molecule has 0 spiro atoms. The fourth-order valence-electron chi connectivity index (χ4n) is 4.40. The van der Waals surface area contributed by atoms with Gasteiger partial charge in [0.25, 0.3) is 0 Å². The van der Waals surface area contributed by atoms with Crippen LogP contribution < -0.4 is 0 Å². The molecule has 2 atom stereocenters.